The summed E-state index contributed by atoms with van der Waals surface area (Å²) in [5.41, 5.74) is 0.393. The van der Waals surface area contributed by atoms with Gasteiger partial charge in [-0.3, -0.25) is 0 Å². The number of anilines is 1. The summed E-state index contributed by atoms with van der Waals surface area (Å²) in [6.07, 6.45) is 0. The molecule has 4 nitrogen and oxygen atoms in total. The van der Waals surface area contributed by atoms with Crippen molar-refractivity contribution in [3.63, 3.8) is 0 Å². The van der Waals surface area contributed by atoms with Crippen LogP contribution in [-0.2, 0) is 0 Å². The number of nitrogens with zero attached hydrogens (tertiary/aromatic N) is 4. The summed E-state index contributed by atoms with van der Waals surface area (Å²) in [6.45, 7) is 2.46. The second-order valence-corrected chi connectivity index (χ2v) is 3.40. The molecule has 0 amide bonds. The molecule has 0 aliphatic rings. The lowest BCUT2D eigenvalue weighted by atomic mass is 10.2. The monoisotopic (exact) mass is 200 g/mol. The average Bonchev–Trinajstić information content (AvgIpc) is 2.28. The Morgan fingerprint density at radius 2 is 2.20 bits per heavy atom. The Morgan fingerprint density at radius 1 is 1.47 bits per heavy atom. The Hall–Kier alpha value is -2.07. The molecule has 15 heavy (non-hydrogen) atoms. The highest BCUT2D eigenvalue weighted by Crippen LogP contribution is 2.10. The van der Waals surface area contributed by atoms with Crippen molar-refractivity contribution in [1.29, 1.82) is 10.5 Å². The molecule has 0 N–H and O–H groups in total. The topological polar surface area (TPSA) is 63.7 Å². The van der Waals surface area contributed by atoms with Gasteiger partial charge in [-0.25, -0.2) is 4.98 Å². The molecule has 1 aromatic rings. The highest BCUT2D eigenvalue weighted by atomic mass is 15.2. The molecule has 4 heteroatoms. The van der Waals surface area contributed by atoms with E-state index >= 15 is 0 Å². The molecule has 0 fully saturated rings. The van der Waals surface area contributed by atoms with Gasteiger partial charge in [0.25, 0.3) is 0 Å². The van der Waals surface area contributed by atoms with Crippen LogP contribution in [0.2, 0.25) is 0 Å². The zero-order valence-corrected chi connectivity index (χ0v) is 8.81. The standard InChI is InChI=1S/C11H12N4/c1-9(6-12)8-15(2)11-5-3-4-10(7-13)14-11/h3-5,9H,8H2,1-2H3. The second kappa shape index (κ2) is 4.97. The highest BCUT2D eigenvalue weighted by molar-refractivity contribution is 5.40. The fourth-order valence-electron chi connectivity index (χ4n) is 1.24. The Bertz CT molecular complexity index is 413. The van der Waals surface area contributed by atoms with E-state index in [1.54, 1.807) is 12.1 Å². The summed E-state index contributed by atoms with van der Waals surface area (Å²) < 4.78 is 0. The molecule has 1 aromatic heterocycles. The van der Waals surface area contributed by atoms with Crippen molar-refractivity contribution in [2.45, 2.75) is 6.92 Å². The van der Waals surface area contributed by atoms with Crippen molar-refractivity contribution in [3.8, 4) is 12.1 Å². The molecule has 0 bridgehead atoms. The third-order valence-electron chi connectivity index (χ3n) is 2.01. The van der Waals surface area contributed by atoms with Gasteiger partial charge in [-0.15, -0.1) is 0 Å². The number of pyridine rings is 1. The summed E-state index contributed by atoms with van der Waals surface area (Å²) in [5, 5.41) is 17.4. The summed E-state index contributed by atoms with van der Waals surface area (Å²) in [7, 11) is 1.86. The van der Waals surface area contributed by atoms with Gasteiger partial charge in [-0.1, -0.05) is 6.07 Å². The second-order valence-electron chi connectivity index (χ2n) is 3.40. The summed E-state index contributed by atoms with van der Waals surface area (Å²) in [6, 6.07) is 9.41. The number of rotatable bonds is 3. The van der Waals surface area contributed by atoms with E-state index in [4.69, 9.17) is 10.5 Å². The molecule has 1 atom stereocenters. The molecule has 0 saturated heterocycles. The fraction of sp³-hybridized carbons (Fsp3) is 0.364. The molecule has 76 valence electrons. The molecular weight excluding hydrogens is 188 g/mol. The zero-order valence-electron chi connectivity index (χ0n) is 8.81. The van der Waals surface area contributed by atoms with Gasteiger partial charge in [-0.05, 0) is 19.1 Å². The van der Waals surface area contributed by atoms with Gasteiger partial charge in [-0.2, -0.15) is 10.5 Å². The van der Waals surface area contributed by atoms with Gasteiger partial charge >= 0.3 is 0 Å². The van der Waals surface area contributed by atoms with Crippen LogP contribution < -0.4 is 4.90 Å². The van der Waals surface area contributed by atoms with Gasteiger partial charge < -0.3 is 4.90 Å². The molecule has 0 spiro atoms. The predicted molar refractivity (Wildman–Crippen MR) is 57.0 cm³/mol. The number of hydrogen-bond acceptors (Lipinski definition) is 4. The lowest BCUT2D eigenvalue weighted by Gasteiger charge is -2.18. The summed E-state index contributed by atoms with van der Waals surface area (Å²) in [4.78, 5) is 6.00. The van der Waals surface area contributed by atoms with Crippen LogP contribution in [0.5, 0.6) is 0 Å². The highest BCUT2D eigenvalue weighted by Gasteiger charge is 2.07. The minimum Gasteiger partial charge on any atom is -0.358 e. The Labute approximate surface area is 89.4 Å². The Balaban J connectivity index is 2.79. The van der Waals surface area contributed by atoms with E-state index in [1.807, 2.05) is 31.0 Å². The van der Waals surface area contributed by atoms with Crippen LogP contribution in [0.4, 0.5) is 5.82 Å². The minimum absolute atomic E-state index is 0.0532. The van der Waals surface area contributed by atoms with E-state index in [1.165, 1.54) is 0 Å². The first-order valence-electron chi connectivity index (χ1n) is 4.65. The lowest BCUT2D eigenvalue weighted by molar-refractivity contribution is 0.710. The molecule has 0 saturated carbocycles. The quantitative estimate of drug-likeness (QED) is 0.742. The van der Waals surface area contributed by atoms with E-state index in [0.717, 1.165) is 5.82 Å². The number of nitriles is 2. The molecule has 0 radical (unpaired) electrons. The van der Waals surface area contributed by atoms with Gasteiger partial charge in [0.15, 0.2) is 0 Å². The van der Waals surface area contributed by atoms with E-state index in [0.29, 0.717) is 12.2 Å². The van der Waals surface area contributed by atoms with Crippen LogP contribution >= 0.6 is 0 Å². The lowest BCUT2D eigenvalue weighted by Crippen LogP contribution is -2.24. The summed E-state index contributed by atoms with van der Waals surface area (Å²) in [5.74, 6) is 0.665. The Kier molecular flexibility index (Phi) is 3.65. The minimum atomic E-state index is -0.0532. The van der Waals surface area contributed by atoms with Crippen molar-refractivity contribution in [2.24, 2.45) is 5.92 Å². The Morgan fingerprint density at radius 3 is 2.80 bits per heavy atom. The summed E-state index contributed by atoms with van der Waals surface area (Å²) >= 11 is 0. The van der Waals surface area contributed by atoms with Crippen LogP contribution in [0.1, 0.15) is 12.6 Å². The van der Waals surface area contributed by atoms with Crippen molar-refractivity contribution >= 4 is 5.82 Å². The van der Waals surface area contributed by atoms with Crippen molar-refractivity contribution in [2.75, 3.05) is 18.5 Å². The van der Waals surface area contributed by atoms with E-state index in [9.17, 15) is 0 Å². The maximum atomic E-state index is 8.69. The van der Waals surface area contributed by atoms with Gasteiger partial charge in [0.2, 0.25) is 0 Å². The maximum absolute atomic E-state index is 8.69. The maximum Gasteiger partial charge on any atom is 0.142 e. The zero-order chi connectivity index (χ0) is 11.3. The first-order chi connectivity index (χ1) is 7.17. The molecule has 0 aliphatic carbocycles. The molecular formula is C11H12N4. The predicted octanol–water partition coefficient (Wildman–Crippen LogP) is 1.55. The number of hydrogen-bond donors (Lipinski definition) is 0. The van der Waals surface area contributed by atoms with Crippen LogP contribution in [0.3, 0.4) is 0 Å². The van der Waals surface area contributed by atoms with Gasteiger partial charge in [0, 0.05) is 13.6 Å². The van der Waals surface area contributed by atoms with Crippen LogP contribution in [0.25, 0.3) is 0 Å². The molecule has 0 aromatic carbocycles. The molecule has 0 aliphatic heterocycles. The third kappa shape index (κ3) is 2.96. The van der Waals surface area contributed by atoms with E-state index in [2.05, 4.69) is 11.1 Å². The van der Waals surface area contributed by atoms with Crippen molar-refractivity contribution in [3.05, 3.63) is 23.9 Å². The van der Waals surface area contributed by atoms with Crippen LogP contribution in [0.15, 0.2) is 18.2 Å². The normalized spacial score (nSPS) is 11.2. The molecule has 1 unspecified atom stereocenters. The fourth-order valence-corrected chi connectivity index (χ4v) is 1.24. The molecule has 1 heterocycles. The number of aromatic nitrogens is 1. The molecule has 1 rings (SSSR count). The van der Waals surface area contributed by atoms with Gasteiger partial charge in [0.05, 0.1) is 12.0 Å². The largest absolute Gasteiger partial charge is 0.358 e. The van der Waals surface area contributed by atoms with Gasteiger partial charge in [0.1, 0.15) is 17.6 Å². The van der Waals surface area contributed by atoms with E-state index < -0.39 is 0 Å². The third-order valence-corrected chi connectivity index (χ3v) is 2.01. The van der Waals surface area contributed by atoms with Crippen LogP contribution in [-0.4, -0.2) is 18.6 Å². The smallest absolute Gasteiger partial charge is 0.142 e. The SMILES string of the molecule is CC(C#N)CN(C)c1cccc(C#N)n1. The first-order valence-corrected chi connectivity index (χ1v) is 4.65. The van der Waals surface area contributed by atoms with E-state index in [-0.39, 0.29) is 5.92 Å². The first kappa shape index (κ1) is 11.0. The average molecular weight is 200 g/mol. The van der Waals surface area contributed by atoms with Crippen LogP contribution in [0, 0.1) is 28.6 Å². The van der Waals surface area contributed by atoms with Crippen molar-refractivity contribution in [1.82, 2.24) is 4.98 Å². The van der Waals surface area contributed by atoms with Crippen molar-refractivity contribution < 1.29 is 0 Å².